The van der Waals surface area contributed by atoms with Gasteiger partial charge in [-0.25, -0.2) is 15.0 Å². The summed E-state index contributed by atoms with van der Waals surface area (Å²) in [5.74, 6) is 0.899. The summed E-state index contributed by atoms with van der Waals surface area (Å²) in [4.78, 5) is 41.2. The number of nitrogens with zero attached hydrogens (tertiary/aromatic N) is 5. The fourth-order valence-electron chi connectivity index (χ4n) is 4.04. The molecule has 172 valence electrons. The molecule has 10 heteroatoms. The van der Waals surface area contributed by atoms with Gasteiger partial charge in [-0.2, -0.15) is 0 Å². The largest absolute Gasteiger partial charge is 0.352 e. The molecule has 1 aliphatic rings. The van der Waals surface area contributed by atoms with Crippen LogP contribution >= 0.6 is 11.6 Å². The van der Waals surface area contributed by atoms with E-state index in [1.807, 2.05) is 37.3 Å². The summed E-state index contributed by atoms with van der Waals surface area (Å²) in [6, 6.07) is 14.2. The zero-order valence-corrected chi connectivity index (χ0v) is 19.4. The van der Waals surface area contributed by atoms with Gasteiger partial charge in [-0.3, -0.25) is 14.2 Å². The minimum atomic E-state index is -0.355. The van der Waals surface area contributed by atoms with E-state index in [1.54, 1.807) is 34.7 Å². The number of aromatic nitrogens is 4. The fourth-order valence-corrected chi connectivity index (χ4v) is 4.29. The summed E-state index contributed by atoms with van der Waals surface area (Å²) in [6.07, 6.45) is 1.43. The molecule has 3 heterocycles. The van der Waals surface area contributed by atoms with Crippen molar-refractivity contribution in [2.24, 2.45) is 0 Å². The van der Waals surface area contributed by atoms with E-state index in [2.05, 4.69) is 20.6 Å². The van der Waals surface area contributed by atoms with Crippen molar-refractivity contribution in [2.75, 3.05) is 19.0 Å². The molecule has 0 radical (unpaired) electrons. The molecule has 2 N–H and O–H groups in total. The lowest BCUT2D eigenvalue weighted by molar-refractivity contribution is 0.0794. The molecule has 1 aliphatic heterocycles. The first-order valence-electron chi connectivity index (χ1n) is 10.8. The van der Waals surface area contributed by atoms with Crippen molar-refractivity contribution < 1.29 is 4.79 Å². The Bertz CT molecular complexity index is 1460. The highest BCUT2D eigenvalue weighted by atomic mass is 35.5. The molecule has 2 aromatic heterocycles. The monoisotopic (exact) mass is 475 g/mol. The molecule has 1 atom stereocenters. The number of hydrogen-bond donors (Lipinski definition) is 2. The van der Waals surface area contributed by atoms with Crippen LogP contribution in [0.1, 0.15) is 34.8 Å². The fraction of sp³-hybridized carbons (Fsp3) is 0.208. The van der Waals surface area contributed by atoms with Crippen molar-refractivity contribution in [2.45, 2.75) is 19.5 Å². The number of nitrogens with one attached hydrogen (secondary N) is 2. The van der Waals surface area contributed by atoms with Crippen LogP contribution in [-0.2, 0) is 6.54 Å². The predicted molar refractivity (Wildman–Crippen MR) is 130 cm³/mol. The molecule has 0 spiro atoms. The Morgan fingerprint density at radius 1 is 1.12 bits per heavy atom. The van der Waals surface area contributed by atoms with Crippen LogP contribution in [0.2, 0.25) is 5.02 Å². The van der Waals surface area contributed by atoms with Gasteiger partial charge in [0.15, 0.2) is 0 Å². The molecule has 2 aromatic carbocycles. The van der Waals surface area contributed by atoms with Crippen molar-refractivity contribution in [1.29, 1.82) is 0 Å². The van der Waals surface area contributed by atoms with Crippen LogP contribution in [0.5, 0.6) is 0 Å². The topological polar surface area (TPSA) is 105 Å². The number of anilines is 1. The van der Waals surface area contributed by atoms with Crippen LogP contribution in [0, 0.1) is 0 Å². The number of hydrogen-bond acceptors (Lipinski definition) is 7. The molecule has 5 rings (SSSR count). The molecule has 0 bridgehead atoms. The SMILES string of the molecule is CC(NCc1ncnc2c1C(=O)N(C)CN2)c1nc2cccc(Cl)c2c(=O)n1-c1ccccc1. The average Bonchev–Trinajstić information content (AvgIpc) is 2.85. The second-order valence-corrected chi connectivity index (χ2v) is 8.47. The third-order valence-electron chi connectivity index (χ3n) is 5.82. The summed E-state index contributed by atoms with van der Waals surface area (Å²) < 4.78 is 1.57. The summed E-state index contributed by atoms with van der Waals surface area (Å²) in [7, 11) is 1.72. The summed E-state index contributed by atoms with van der Waals surface area (Å²) >= 11 is 6.36. The number of carbonyl (C=O) groups excluding carboxylic acids is 1. The van der Waals surface area contributed by atoms with Crippen LogP contribution in [-0.4, -0.2) is 44.0 Å². The maximum Gasteiger partial charge on any atom is 0.267 e. The molecule has 0 saturated carbocycles. The van der Waals surface area contributed by atoms with Gasteiger partial charge in [0.25, 0.3) is 11.5 Å². The van der Waals surface area contributed by atoms with Crippen LogP contribution in [0.15, 0.2) is 59.7 Å². The third kappa shape index (κ3) is 3.78. The maximum absolute atomic E-state index is 13.6. The molecule has 0 fully saturated rings. The smallest absolute Gasteiger partial charge is 0.267 e. The van der Waals surface area contributed by atoms with E-state index in [9.17, 15) is 9.59 Å². The number of benzene rings is 2. The second kappa shape index (κ2) is 8.85. The summed E-state index contributed by atoms with van der Waals surface area (Å²) in [5, 5.41) is 7.22. The Morgan fingerprint density at radius 2 is 1.91 bits per heavy atom. The number of halogens is 1. The van der Waals surface area contributed by atoms with E-state index in [0.29, 0.717) is 51.2 Å². The number of para-hydroxylation sites is 1. The Balaban J connectivity index is 1.56. The lowest BCUT2D eigenvalue weighted by atomic mass is 10.1. The standard InChI is InChI=1S/C24H22ClN7O2/c1-14(26-11-18-20-21(28-12-27-18)29-13-31(2)23(20)33)22-30-17-10-6-9-16(25)19(17)24(34)32(22)15-7-4-3-5-8-15/h3-10,12,14,26H,11,13H2,1-2H3,(H,27,28,29). The number of carbonyl (C=O) groups is 1. The lowest BCUT2D eigenvalue weighted by Gasteiger charge is -2.27. The third-order valence-corrected chi connectivity index (χ3v) is 6.14. The van der Waals surface area contributed by atoms with Gasteiger partial charge in [-0.05, 0) is 31.2 Å². The maximum atomic E-state index is 13.6. The van der Waals surface area contributed by atoms with E-state index < -0.39 is 0 Å². The number of fused-ring (bicyclic) bond motifs is 2. The van der Waals surface area contributed by atoms with E-state index in [1.165, 1.54) is 6.33 Å². The van der Waals surface area contributed by atoms with Crippen LogP contribution in [0.3, 0.4) is 0 Å². The van der Waals surface area contributed by atoms with Crippen LogP contribution in [0.4, 0.5) is 5.82 Å². The first-order chi connectivity index (χ1) is 16.5. The number of amides is 1. The molecule has 0 aliphatic carbocycles. The van der Waals surface area contributed by atoms with E-state index in [4.69, 9.17) is 16.6 Å². The van der Waals surface area contributed by atoms with Gasteiger partial charge < -0.3 is 15.5 Å². The summed E-state index contributed by atoms with van der Waals surface area (Å²) in [6.45, 7) is 2.59. The highest BCUT2D eigenvalue weighted by Gasteiger charge is 2.27. The Labute approximate surface area is 200 Å². The predicted octanol–water partition coefficient (Wildman–Crippen LogP) is 3.13. The Kier molecular flexibility index (Phi) is 5.72. The molecule has 1 unspecified atom stereocenters. The molecular weight excluding hydrogens is 454 g/mol. The van der Waals surface area contributed by atoms with Gasteiger partial charge in [0.2, 0.25) is 0 Å². The van der Waals surface area contributed by atoms with Crippen molar-refractivity contribution in [3.05, 3.63) is 87.3 Å². The molecule has 34 heavy (non-hydrogen) atoms. The Hall–Kier alpha value is -3.82. The zero-order chi connectivity index (χ0) is 23.8. The van der Waals surface area contributed by atoms with E-state index in [0.717, 1.165) is 0 Å². The molecule has 0 saturated heterocycles. The van der Waals surface area contributed by atoms with E-state index >= 15 is 0 Å². The zero-order valence-electron chi connectivity index (χ0n) is 18.6. The van der Waals surface area contributed by atoms with Crippen molar-refractivity contribution in [3.63, 3.8) is 0 Å². The molecule has 4 aromatic rings. The normalized spacial score (nSPS) is 14.1. The first kappa shape index (κ1) is 22.0. The van der Waals surface area contributed by atoms with Gasteiger partial charge in [0, 0.05) is 13.6 Å². The van der Waals surface area contributed by atoms with Crippen molar-refractivity contribution in [1.82, 2.24) is 29.7 Å². The first-order valence-corrected chi connectivity index (χ1v) is 11.2. The van der Waals surface area contributed by atoms with Gasteiger partial charge in [0.1, 0.15) is 23.5 Å². The average molecular weight is 476 g/mol. The second-order valence-electron chi connectivity index (χ2n) is 8.06. The van der Waals surface area contributed by atoms with Gasteiger partial charge in [-0.15, -0.1) is 0 Å². The quantitative estimate of drug-likeness (QED) is 0.457. The van der Waals surface area contributed by atoms with Crippen LogP contribution in [0.25, 0.3) is 16.6 Å². The van der Waals surface area contributed by atoms with Gasteiger partial charge >= 0.3 is 0 Å². The van der Waals surface area contributed by atoms with Gasteiger partial charge in [-0.1, -0.05) is 35.9 Å². The minimum Gasteiger partial charge on any atom is -0.352 e. The van der Waals surface area contributed by atoms with Crippen molar-refractivity contribution >= 4 is 34.2 Å². The molecular formula is C24H22ClN7O2. The molecule has 1 amide bonds. The highest BCUT2D eigenvalue weighted by Crippen LogP contribution is 2.24. The summed E-state index contributed by atoms with van der Waals surface area (Å²) in [5.41, 5.74) is 1.97. The highest BCUT2D eigenvalue weighted by molar-refractivity contribution is 6.35. The van der Waals surface area contributed by atoms with Gasteiger partial charge in [0.05, 0.1) is 40.0 Å². The Morgan fingerprint density at radius 3 is 2.71 bits per heavy atom. The van der Waals surface area contributed by atoms with Crippen molar-refractivity contribution in [3.8, 4) is 5.69 Å². The lowest BCUT2D eigenvalue weighted by Crippen LogP contribution is -2.39. The molecule has 9 nitrogen and oxygen atoms in total. The minimum absolute atomic E-state index is 0.140. The van der Waals surface area contributed by atoms with Crippen LogP contribution < -0.4 is 16.2 Å². The number of rotatable bonds is 5. The van der Waals surface area contributed by atoms with E-state index in [-0.39, 0.29) is 24.1 Å².